The van der Waals surface area contributed by atoms with E-state index in [4.69, 9.17) is 0 Å². The molecule has 2 N–H and O–H groups in total. The Hall–Kier alpha value is -1.34. The third-order valence-corrected chi connectivity index (χ3v) is 2.67. The van der Waals surface area contributed by atoms with Gasteiger partial charge in [0.1, 0.15) is 11.5 Å². The Balaban J connectivity index is 0.00000180. The van der Waals surface area contributed by atoms with Gasteiger partial charge in [0, 0.05) is 0 Å². The van der Waals surface area contributed by atoms with Gasteiger partial charge in [-0.2, -0.15) is 13.2 Å². The minimum atomic E-state index is -4.51. The summed E-state index contributed by atoms with van der Waals surface area (Å²) in [6, 6.07) is 3.07. The van der Waals surface area contributed by atoms with E-state index in [-0.39, 0.29) is 30.2 Å². The van der Waals surface area contributed by atoms with Gasteiger partial charge < -0.3 is 10.6 Å². The van der Waals surface area contributed by atoms with Gasteiger partial charge >= 0.3 is 6.18 Å². The van der Waals surface area contributed by atoms with E-state index < -0.39 is 11.9 Å². The van der Waals surface area contributed by atoms with Gasteiger partial charge in [-0.05, 0) is 31.5 Å². The zero-order chi connectivity index (χ0) is 13.2. The summed E-state index contributed by atoms with van der Waals surface area (Å²) in [5.74, 6) is -0.428. The zero-order valence-corrected chi connectivity index (χ0v) is 10.6. The Bertz CT molecular complexity index is 447. The van der Waals surface area contributed by atoms with Crippen LogP contribution in [0.25, 0.3) is 0 Å². The van der Waals surface area contributed by atoms with Crippen molar-refractivity contribution in [1.82, 2.24) is 10.3 Å². The molecule has 0 radical (unpaired) electrons. The van der Waals surface area contributed by atoms with Crippen molar-refractivity contribution in [3.8, 4) is 0 Å². The number of halogens is 4. The summed E-state index contributed by atoms with van der Waals surface area (Å²) in [5, 5.41) is 5.34. The molecule has 1 aromatic heterocycles. The molecule has 0 aromatic carbocycles. The minimum absolute atomic E-state index is 0. The molecule has 1 fully saturated rings. The molecule has 106 valence electrons. The van der Waals surface area contributed by atoms with Gasteiger partial charge in [0.2, 0.25) is 5.91 Å². The Morgan fingerprint density at radius 1 is 1.42 bits per heavy atom. The number of nitrogens with zero attached hydrogens (tertiary/aromatic N) is 1. The first-order valence-corrected chi connectivity index (χ1v) is 5.55. The van der Waals surface area contributed by atoms with Gasteiger partial charge in [-0.15, -0.1) is 12.4 Å². The van der Waals surface area contributed by atoms with Crippen LogP contribution >= 0.6 is 12.4 Å². The van der Waals surface area contributed by atoms with Crippen molar-refractivity contribution < 1.29 is 18.0 Å². The smallest absolute Gasteiger partial charge is 0.309 e. The third-order valence-electron chi connectivity index (χ3n) is 2.67. The number of carbonyl (C=O) groups excluding carboxylic acids is 1. The fraction of sp³-hybridized carbons (Fsp3) is 0.455. The van der Waals surface area contributed by atoms with Crippen molar-refractivity contribution in [2.75, 3.05) is 11.9 Å². The Morgan fingerprint density at radius 2 is 2.16 bits per heavy atom. The summed E-state index contributed by atoms with van der Waals surface area (Å²) in [7, 11) is 0. The van der Waals surface area contributed by atoms with Crippen LogP contribution in [0.1, 0.15) is 18.5 Å². The first-order valence-electron chi connectivity index (χ1n) is 5.55. The van der Waals surface area contributed by atoms with Crippen molar-refractivity contribution in [2.45, 2.75) is 25.1 Å². The standard InChI is InChI=1S/C11H12F3N3O.ClH/c12-11(13,14)8-4-1-5-9(16-8)17-10(18)7-3-2-6-15-7;/h1,4-5,7,15H,2-3,6H2,(H,16,17,18);1H. The van der Waals surface area contributed by atoms with Gasteiger partial charge in [0.05, 0.1) is 6.04 Å². The number of amides is 1. The largest absolute Gasteiger partial charge is 0.433 e. The third kappa shape index (κ3) is 4.07. The maximum Gasteiger partial charge on any atom is 0.433 e. The number of aromatic nitrogens is 1. The zero-order valence-electron chi connectivity index (χ0n) is 9.83. The molecule has 1 aliphatic rings. The lowest BCUT2D eigenvalue weighted by Crippen LogP contribution is -2.35. The summed E-state index contributed by atoms with van der Waals surface area (Å²) < 4.78 is 37.3. The summed E-state index contributed by atoms with van der Waals surface area (Å²) in [6.07, 6.45) is -2.94. The van der Waals surface area contributed by atoms with Crippen molar-refractivity contribution in [2.24, 2.45) is 0 Å². The van der Waals surface area contributed by atoms with Crippen molar-refractivity contribution >= 4 is 24.1 Å². The van der Waals surface area contributed by atoms with Crippen LogP contribution in [0.3, 0.4) is 0 Å². The first-order chi connectivity index (χ1) is 8.47. The van der Waals surface area contributed by atoms with E-state index in [0.717, 1.165) is 19.0 Å². The highest BCUT2D eigenvalue weighted by atomic mass is 35.5. The highest BCUT2D eigenvalue weighted by molar-refractivity contribution is 5.94. The van der Waals surface area contributed by atoms with Crippen molar-refractivity contribution in [3.05, 3.63) is 23.9 Å². The number of hydrogen-bond donors (Lipinski definition) is 2. The van der Waals surface area contributed by atoms with E-state index in [9.17, 15) is 18.0 Å². The summed E-state index contributed by atoms with van der Waals surface area (Å²) in [4.78, 5) is 15.1. The van der Waals surface area contributed by atoms with Crippen LogP contribution in [0.2, 0.25) is 0 Å². The van der Waals surface area contributed by atoms with Gasteiger partial charge in [-0.3, -0.25) is 4.79 Å². The number of alkyl halides is 3. The number of nitrogens with one attached hydrogen (secondary N) is 2. The van der Waals surface area contributed by atoms with E-state index in [1.165, 1.54) is 12.1 Å². The predicted octanol–water partition coefficient (Wildman–Crippen LogP) is 2.21. The lowest BCUT2D eigenvalue weighted by Gasteiger charge is -2.12. The molecule has 0 spiro atoms. The number of carbonyl (C=O) groups is 1. The molecule has 2 heterocycles. The number of anilines is 1. The second kappa shape index (κ2) is 6.21. The predicted molar refractivity (Wildman–Crippen MR) is 66.1 cm³/mol. The molecule has 0 saturated carbocycles. The van der Waals surface area contributed by atoms with Gasteiger partial charge in [0.25, 0.3) is 0 Å². The molecule has 1 aliphatic heterocycles. The maximum atomic E-state index is 12.4. The van der Waals surface area contributed by atoms with E-state index in [1.807, 2.05) is 0 Å². The molecule has 1 saturated heterocycles. The van der Waals surface area contributed by atoms with Crippen LogP contribution in [0.15, 0.2) is 18.2 Å². The Morgan fingerprint density at radius 3 is 2.74 bits per heavy atom. The molecule has 1 amide bonds. The van der Waals surface area contributed by atoms with E-state index >= 15 is 0 Å². The van der Waals surface area contributed by atoms with Crippen LogP contribution < -0.4 is 10.6 Å². The van der Waals surface area contributed by atoms with Crippen LogP contribution in [0.5, 0.6) is 0 Å². The number of hydrogen-bond acceptors (Lipinski definition) is 3. The van der Waals surface area contributed by atoms with E-state index in [2.05, 4.69) is 15.6 Å². The van der Waals surface area contributed by atoms with Gasteiger partial charge in [0.15, 0.2) is 0 Å². The number of rotatable bonds is 2. The van der Waals surface area contributed by atoms with E-state index in [0.29, 0.717) is 6.42 Å². The number of pyridine rings is 1. The van der Waals surface area contributed by atoms with Crippen LogP contribution in [-0.2, 0) is 11.0 Å². The topological polar surface area (TPSA) is 54.0 Å². The molecule has 2 rings (SSSR count). The SMILES string of the molecule is Cl.O=C(Nc1cccc(C(F)(F)F)n1)C1CCCN1. The molecule has 1 aromatic rings. The molecule has 1 unspecified atom stereocenters. The molecular weight excluding hydrogens is 283 g/mol. The molecule has 4 nitrogen and oxygen atoms in total. The van der Waals surface area contributed by atoms with Crippen molar-refractivity contribution in [1.29, 1.82) is 0 Å². The highest BCUT2D eigenvalue weighted by Crippen LogP contribution is 2.28. The van der Waals surface area contributed by atoms with Crippen LogP contribution in [0.4, 0.5) is 19.0 Å². The summed E-state index contributed by atoms with van der Waals surface area (Å²) in [6.45, 7) is 0.744. The molecule has 8 heteroatoms. The first kappa shape index (κ1) is 15.7. The highest BCUT2D eigenvalue weighted by Gasteiger charge is 2.32. The van der Waals surface area contributed by atoms with Crippen LogP contribution in [-0.4, -0.2) is 23.5 Å². The van der Waals surface area contributed by atoms with E-state index in [1.54, 1.807) is 0 Å². The normalized spacial score (nSPS) is 18.8. The summed E-state index contributed by atoms with van der Waals surface area (Å²) >= 11 is 0. The average molecular weight is 296 g/mol. The maximum absolute atomic E-state index is 12.4. The Kier molecular flexibility index (Phi) is 5.13. The minimum Gasteiger partial charge on any atom is -0.309 e. The Labute approximate surface area is 114 Å². The quantitative estimate of drug-likeness (QED) is 0.879. The second-order valence-corrected chi connectivity index (χ2v) is 4.04. The van der Waals surface area contributed by atoms with Crippen molar-refractivity contribution in [3.63, 3.8) is 0 Å². The van der Waals surface area contributed by atoms with Crippen LogP contribution in [0, 0.1) is 0 Å². The summed E-state index contributed by atoms with van der Waals surface area (Å²) in [5.41, 5.74) is -1.01. The lowest BCUT2D eigenvalue weighted by molar-refractivity contribution is -0.141. The fourth-order valence-corrected chi connectivity index (χ4v) is 1.78. The lowest BCUT2D eigenvalue weighted by atomic mass is 10.2. The molecule has 1 atom stereocenters. The molecule has 19 heavy (non-hydrogen) atoms. The molecular formula is C11H13ClF3N3O. The molecule has 0 bridgehead atoms. The second-order valence-electron chi connectivity index (χ2n) is 4.04. The monoisotopic (exact) mass is 295 g/mol. The van der Waals surface area contributed by atoms with Gasteiger partial charge in [-0.1, -0.05) is 6.07 Å². The fourth-order valence-electron chi connectivity index (χ4n) is 1.78. The molecule has 0 aliphatic carbocycles. The van der Waals surface area contributed by atoms with Gasteiger partial charge in [-0.25, -0.2) is 4.98 Å². The average Bonchev–Trinajstić information content (AvgIpc) is 2.81.